The van der Waals surface area contributed by atoms with Crippen LogP contribution in [0.2, 0.25) is 15.1 Å². The molecule has 0 unspecified atom stereocenters. The molecule has 11 heteroatoms. The number of sulfonamides is 1. The molecule has 6 nitrogen and oxygen atoms in total. The number of nitrogens with one attached hydrogen (secondary N) is 1. The molecular formula is C22H17Cl3FN3O3S. The Bertz CT molecular complexity index is 1270. The maximum atomic E-state index is 13.8. The number of hydrogen-bond donors (Lipinski definition) is 1. The highest BCUT2D eigenvalue weighted by Crippen LogP contribution is 2.25. The molecule has 1 amide bonds. The lowest BCUT2D eigenvalue weighted by Crippen LogP contribution is -2.39. The van der Waals surface area contributed by atoms with Crippen LogP contribution in [0.3, 0.4) is 0 Å². The summed E-state index contributed by atoms with van der Waals surface area (Å²) in [5, 5.41) is 4.45. The first kappa shape index (κ1) is 25.1. The van der Waals surface area contributed by atoms with Gasteiger partial charge in [-0.2, -0.15) is 9.41 Å². The minimum atomic E-state index is -4.06. The van der Waals surface area contributed by atoms with Gasteiger partial charge in [-0.15, -0.1) is 0 Å². The van der Waals surface area contributed by atoms with Crippen molar-refractivity contribution in [1.29, 1.82) is 0 Å². The van der Waals surface area contributed by atoms with Crippen LogP contribution >= 0.6 is 34.8 Å². The number of nitrogens with zero attached hydrogens (tertiary/aromatic N) is 2. The van der Waals surface area contributed by atoms with Crippen molar-refractivity contribution in [2.45, 2.75) is 11.4 Å². The maximum Gasteiger partial charge on any atom is 0.255 e. The average Bonchev–Trinajstić information content (AvgIpc) is 2.77. The molecule has 0 atom stereocenters. The average molecular weight is 529 g/mol. The predicted octanol–water partition coefficient (Wildman–Crippen LogP) is 5.13. The molecule has 3 rings (SSSR count). The number of carbonyl (C=O) groups is 1. The predicted molar refractivity (Wildman–Crippen MR) is 128 cm³/mol. The van der Waals surface area contributed by atoms with Crippen LogP contribution < -0.4 is 5.43 Å². The van der Waals surface area contributed by atoms with Crippen molar-refractivity contribution >= 4 is 56.9 Å². The van der Waals surface area contributed by atoms with E-state index in [9.17, 15) is 17.6 Å². The van der Waals surface area contributed by atoms with Crippen molar-refractivity contribution in [2.24, 2.45) is 5.10 Å². The highest BCUT2D eigenvalue weighted by molar-refractivity contribution is 7.89. The Balaban J connectivity index is 1.83. The van der Waals surface area contributed by atoms with E-state index in [-0.39, 0.29) is 27.0 Å². The summed E-state index contributed by atoms with van der Waals surface area (Å²) in [5.74, 6) is -1.37. The first-order chi connectivity index (χ1) is 15.7. The van der Waals surface area contributed by atoms with E-state index in [4.69, 9.17) is 34.8 Å². The van der Waals surface area contributed by atoms with Gasteiger partial charge in [0.05, 0.1) is 22.7 Å². The van der Waals surface area contributed by atoms with Gasteiger partial charge in [0.15, 0.2) is 0 Å². The molecule has 0 aliphatic rings. The summed E-state index contributed by atoms with van der Waals surface area (Å²) in [5.41, 5.74) is 2.64. The van der Waals surface area contributed by atoms with Gasteiger partial charge >= 0.3 is 0 Å². The monoisotopic (exact) mass is 527 g/mol. The fourth-order valence-electron chi connectivity index (χ4n) is 2.81. The van der Waals surface area contributed by atoms with E-state index in [0.29, 0.717) is 10.6 Å². The Labute approximate surface area is 205 Å². The Morgan fingerprint density at radius 2 is 1.73 bits per heavy atom. The van der Waals surface area contributed by atoms with Gasteiger partial charge in [-0.3, -0.25) is 4.79 Å². The Hall–Kier alpha value is -2.49. The van der Waals surface area contributed by atoms with E-state index in [0.717, 1.165) is 10.5 Å². The molecule has 1 N–H and O–H groups in total. The molecule has 3 aromatic rings. The Morgan fingerprint density at radius 1 is 1.00 bits per heavy atom. The quantitative estimate of drug-likeness (QED) is 0.325. The summed E-state index contributed by atoms with van der Waals surface area (Å²) < 4.78 is 41.2. The van der Waals surface area contributed by atoms with E-state index in [1.165, 1.54) is 36.4 Å². The van der Waals surface area contributed by atoms with Gasteiger partial charge in [-0.25, -0.2) is 18.2 Å². The van der Waals surface area contributed by atoms with Crippen molar-refractivity contribution in [3.63, 3.8) is 0 Å². The van der Waals surface area contributed by atoms with Crippen molar-refractivity contribution < 1.29 is 17.6 Å². The molecule has 0 fully saturated rings. The first-order valence-corrected chi connectivity index (χ1v) is 12.0. The fourth-order valence-corrected chi connectivity index (χ4v) is 4.88. The molecule has 0 saturated heterocycles. The van der Waals surface area contributed by atoms with Crippen molar-refractivity contribution in [1.82, 2.24) is 9.73 Å². The van der Waals surface area contributed by atoms with Crippen LogP contribution in [0.15, 0.2) is 76.7 Å². The number of carbonyl (C=O) groups excluding carboxylic acids is 1. The van der Waals surface area contributed by atoms with Gasteiger partial charge in [0.2, 0.25) is 10.0 Å². The lowest BCUT2D eigenvalue weighted by molar-refractivity contribution is -0.121. The van der Waals surface area contributed by atoms with Gasteiger partial charge in [0, 0.05) is 22.2 Å². The number of halogens is 4. The molecule has 0 spiro atoms. The molecule has 3 aromatic carbocycles. The van der Waals surface area contributed by atoms with Gasteiger partial charge in [0.25, 0.3) is 5.91 Å². The summed E-state index contributed by atoms with van der Waals surface area (Å²) in [6.07, 6.45) is 1.04. The van der Waals surface area contributed by atoms with Crippen molar-refractivity contribution in [3.05, 3.63) is 98.7 Å². The van der Waals surface area contributed by atoms with Crippen LogP contribution in [0.25, 0.3) is 0 Å². The molecule has 0 aliphatic carbocycles. The first-order valence-electron chi connectivity index (χ1n) is 9.43. The zero-order valence-electron chi connectivity index (χ0n) is 16.9. The van der Waals surface area contributed by atoms with Crippen LogP contribution in [0.4, 0.5) is 4.39 Å². The van der Waals surface area contributed by atoms with E-state index in [2.05, 4.69) is 10.5 Å². The lowest BCUT2D eigenvalue weighted by atomic mass is 10.2. The van der Waals surface area contributed by atoms with E-state index in [1.807, 2.05) is 0 Å². The third kappa shape index (κ3) is 6.52. The highest BCUT2D eigenvalue weighted by Gasteiger charge is 2.27. The van der Waals surface area contributed by atoms with Crippen molar-refractivity contribution in [2.75, 3.05) is 6.54 Å². The summed E-state index contributed by atoms with van der Waals surface area (Å²) >= 11 is 18.1. The van der Waals surface area contributed by atoms with Crippen LogP contribution in [0.5, 0.6) is 0 Å². The number of amides is 1. The molecule has 172 valence electrons. The van der Waals surface area contributed by atoms with Gasteiger partial charge in [-0.05, 0) is 42.0 Å². The van der Waals surface area contributed by atoms with Crippen LogP contribution in [-0.2, 0) is 21.4 Å². The van der Waals surface area contributed by atoms with Crippen LogP contribution in [-0.4, -0.2) is 31.4 Å². The highest BCUT2D eigenvalue weighted by atomic mass is 35.5. The second-order valence-electron chi connectivity index (χ2n) is 6.75. The minimum Gasteiger partial charge on any atom is -0.272 e. The summed E-state index contributed by atoms with van der Waals surface area (Å²) in [6, 6.07) is 16.4. The molecule has 0 radical (unpaired) electrons. The zero-order chi connectivity index (χ0) is 24.0. The normalized spacial score (nSPS) is 11.8. The van der Waals surface area contributed by atoms with Crippen LogP contribution in [0, 0.1) is 5.82 Å². The number of benzene rings is 3. The van der Waals surface area contributed by atoms with E-state index in [1.54, 1.807) is 30.3 Å². The van der Waals surface area contributed by atoms with E-state index < -0.39 is 28.3 Å². The van der Waals surface area contributed by atoms with Gasteiger partial charge in [-0.1, -0.05) is 65.1 Å². The minimum absolute atomic E-state index is 0.00419. The molecule has 33 heavy (non-hydrogen) atoms. The maximum absolute atomic E-state index is 13.8. The second-order valence-corrected chi connectivity index (χ2v) is 9.94. The smallest absolute Gasteiger partial charge is 0.255 e. The third-order valence-electron chi connectivity index (χ3n) is 4.45. The number of rotatable bonds is 8. The Morgan fingerprint density at radius 3 is 2.39 bits per heavy atom. The second kappa shape index (κ2) is 11.1. The largest absolute Gasteiger partial charge is 0.272 e. The molecule has 0 bridgehead atoms. The summed E-state index contributed by atoms with van der Waals surface area (Å²) in [4.78, 5) is 12.5. The van der Waals surface area contributed by atoms with E-state index >= 15 is 0 Å². The van der Waals surface area contributed by atoms with Crippen LogP contribution in [0.1, 0.15) is 11.1 Å². The number of hydrazone groups is 1. The third-order valence-corrected chi connectivity index (χ3v) is 7.17. The molecule has 0 aliphatic heterocycles. The Kier molecular flexibility index (Phi) is 8.45. The van der Waals surface area contributed by atoms with Gasteiger partial charge in [0.1, 0.15) is 5.82 Å². The standard InChI is InChI=1S/C22H17Cl3FN3O3S/c23-16-10-9-15(20(25)11-16)13-29(33(31,32)17-5-2-1-3-6-17)14-22(30)28-27-12-18-19(24)7-4-8-21(18)26/h1-12H,13-14H2,(H,28,30)/b27-12-. The molecule has 0 aromatic heterocycles. The number of hydrogen-bond acceptors (Lipinski definition) is 4. The SMILES string of the molecule is O=C(CN(Cc1ccc(Cl)cc1Cl)S(=O)(=O)c1ccccc1)N/N=C\c1c(F)cccc1Cl. The van der Waals surface area contributed by atoms with Gasteiger partial charge < -0.3 is 0 Å². The molecule has 0 saturated carbocycles. The zero-order valence-corrected chi connectivity index (χ0v) is 20.0. The molecule has 0 heterocycles. The summed E-state index contributed by atoms with van der Waals surface area (Å²) in [7, 11) is -4.06. The fraction of sp³-hybridized carbons (Fsp3) is 0.0909. The lowest BCUT2D eigenvalue weighted by Gasteiger charge is -2.22. The topological polar surface area (TPSA) is 78.8 Å². The summed E-state index contributed by atoms with van der Waals surface area (Å²) in [6.45, 7) is -0.762. The van der Waals surface area contributed by atoms with Crippen molar-refractivity contribution in [3.8, 4) is 0 Å². The molecular weight excluding hydrogens is 512 g/mol.